The number of nitrogens with one attached hydrogen (secondary N) is 2. The molecule has 0 aliphatic carbocycles. The normalized spacial score (nSPS) is 15.9. The molecule has 11 heteroatoms. The Hall–Kier alpha value is -2.50. The van der Waals surface area contributed by atoms with Crippen molar-refractivity contribution in [1.29, 1.82) is 0 Å². The zero-order valence-electron chi connectivity index (χ0n) is 16.3. The van der Waals surface area contributed by atoms with Crippen molar-refractivity contribution in [2.24, 2.45) is 0 Å². The van der Waals surface area contributed by atoms with Gasteiger partial charge < -0.3 is 4.74 Å². The number of hydrazine groups is 1. The number of amides is 2. The third-order valence-electron chi connectivity index (χ3n) is 4.58. The number of hydrogen-bond acceptors (Lipinski definition) is 6. The van der Waals surface area contributed by atoms with E-state index in [1.165, 1.54) is 40.9 Å². The number of hydrogen-bond donors (Lipinski definition) is 2. The Bertz CT molecular complexity index is 1020. The number of benzene rings is 1. The number of sulfonamides is 1. The second-order valence-corrected chi connectivity index (χ2v) is 9.54. The molecule has 2 amide bonds. The predicted molar refractivity (Wildman–Crippen MR) is 109 cm³/mol. The molecule has 1 aliphatic rings. The number of halogens is 1. The smallest absolute Gasteiger partial charge is 0.281 e. The van der Waals surface area contributed by atoms with E-state index >= 15 is 0 Å². The molecule has 1 atom stereocenters. The molecule has 3 rings (SSSR count). The van der Waals surface area contributed by atoms with E-state index in [2.05, 4.69) is 10.9 Å². The summed E-state index contributed by atoms with van der Waals surface area (Å²) in [4.78, 5) is 24.6. The number of ether oxygens (including phenoxy) is 1. The van der Waals surface area contributed by atoms with Crippen LogP contribution in [-0.4, -0.2) is 43.7 Å². The lowest BCUT2D eigenvalue weighted by atomic mass is 10.2. The van der Waals surface area contributed by atoms with Crippen LogP contribution in [0.15, 0.2) is 40.6 Å². The van der Waals surface area contributed by atoms with E-state index in [0.29, 0.717) is 13.1 Å². The Kier molecular flexibility index (Phi) is 7.06. The van der Waals surface area contributed by atoms with Crippen molar-refractivity contribution in [3.05, 3.63) is 46.4 Å². The summed E-state index contributed by atoms with van der Waals surface area (Å²) in [6, 6.07) is 7.01. The second kappa shape index (κ2) is 9.54. The van der Waals surface area contributed by atoms with Crippen LogP contribution >= 0.6 is 11.3 Å². The third-order valence-corrected chi connectivity index (χ3v) is 7.56. The molecule has 1 saturated heterocycles. The molecule has 2 heterocycles. The van der Waals surface area contributed by atoms with Crippen LogP contribution in [0.1, 0.15) is 35.9 Å². The van der Waals surface area contributed by atoms with E-state index in [0.717, 1.165) is 30.6 Å². The highest BCUT2D eigenvalue weighted by atomic mass is 32.2. The number of piperidine rings is 1. The number of thiophene rings is 1. The number of nitrogens with zero attached hydrogens (tertiary/aromatic N) is 1. The van der Waals surface area contributed by atoms with E-state index < -0.39 is 33.8 Å². The zero-order chi connectivity index (χ0) is 21.7. The van der Waals surface area contributed by atoms with Gasteiger partial charge in [-0.2, -0.15) is 4.31 Å². The summed E-state index contributed by atoms with van der Waals surface area (Å²) >= 11 is 0.963. The first-order valence-electron chi connectivity index (χ1n) is 9.39. The number of carbonyl (C=O) groups is 2. The summed E-state index contributed by atoms with van der Waals surface area (Å²) in [5.41, 5.74) is 4.38. The molecule has 0 radical (unpaired) electrons. The molecule has 1 fully saturated rings. The Labute approximate surface area is 178 Å². The molecule has 0 saturated carbocycles. The van der Waals surface area contributed by atoms with Gasteiger partial charge in [-0.05, 0) is 43.3 Å². The minimum atomic E-state index is -3.79. The van der Waals surface area contributed by atoms with Gasteiger partial charge in [0, 0.05) is 13.1 Å². The molecule has 0 bridgehead atoms. The standard InChI is InChI=1S/C19H22FN3O5S2/c1-13(28-15-8-4-3-7-14(15)20)18(24)21-22-19(25)17-16(9-12-29-17)30(26,27)23-10-5-2-6-11-23/h3-4,7-9,12-13H,2,5-6,10-11H2,1H3,(H,21,24)(H,22,25). The quantitative estimate of drug-likeness (QED) is 0.651. The fourth-order valence-corrected chi connectivity index (χ4v) is 5.78. The summed E-state index contributed by atoms with van der Waals surface area (Å²) in [6.07, 6.45) is 1.44. The van der Waals surface area contributed by atoms with Crippen molar-refractivity contribution in [3.8, 4) is 5.75 Å². The molecular formula is C19H22FN3O5S2. The first kappa shape index (κ1) is 22.2. The predicted octanol–water partition coefficient (Wildman–Crippen LogP) is 2.29. The molecule has 1 unspecified atom stereocenters. The van der Waals surface area contributed by atoms with E-state index in [-0.39, 0.29) is 15.5 Å². The lowest BCUT2D eigenvalue weighted by Gasteiger charge is -2.25. The summed E-state index contributed by atoms with van der Waals surface area (Å²) in [7, 11) is -3.79. The van der Waals surface area contributed by atoms with Gasteiger partial charge in [-0.15, -0.1) is 11.3 Å². The maximum Gasteiger partial charge on any atom is 0.281 e. The molecule has 2 N–H and O–H groups in total. The van der Waals surface area contributed by atoms with E-state index in [9.17, 15) is 22.4 Å². The van der Waals surface area contributed by atoms with E-state index in [1.807, 2.05) is 0 Å². The molecule has 30 heavy (non-hydrogen) atoms. The van der Waals surface area contributed by atoms with Crippen LogP contribution < -0.4 is 15.6 Å². The fraction of sp³-hybridized carbons (Fsp3) is 0.368. The van der Waals surface area contributed by atoms with Crippen LogP contribution in [0.4, 0.5) is 4.39 Å². The van der Waals surface area contributed by atoms with Gasteiger partial charge in [0.25, 0.3) is 11.8 Å². The van der Waals surface area contributed by atoms with Gasteiger partial charge in [0.1, 0.15) is 9.77 Å². The average Bonchev–Trinajstić information content (AvgIpc) is 3.25. The number of carbonyl (C=O) groups excluding carboxylic acids is 2. The van der Waals surface area contributed by atoms with Crippen LogP contribution in [-0.2, 0) is 14.8 Å². The number of rotatable bonds is 6. The summed E-state index contributed by atoms with van der Waals surface area (Å²) in [5, 5.41) is 1.51. The highest BCUT2D eigenvalue weighted by molar-refractivity contribution is 7.89. The van der Waals surface area contributed by atoms with E-state index in [1.54, 1.807) is 6.07 Å². The van der Waals surface area contributed by atoms with Crippen molar-refractivity contribution in [2.45, 2.75) is 37.2 Å². The fourth-order valence-electron chi connectivity index (χ4n) is 2.97. The lowest BCUT2D eigenvalue weighted by molar-refractivity contribution is -0.128. The SMILES string of the molecule is CC(Oc1ccccc1F)C(=O)NNC(=O)c1sccc1S(=O)(=O)N1CCCCC1. The Morgan fingerprint density at radius 2 is 1.83 bits per heavy atom. The Balaban J connectivity index is 1.62. The first-order chi connectivity index (χ1) is 14.3. The van der Waals surface area contributed by atoms with Gasteiger partial charge in [0.05, 0.1) is 0 Å². The van der Waals surface area contributed by atoms with Crippen molar-refractivity contribution >= 4 is 33.2 Å². The highest BCUT2D eigenvalue weighted by Gasteiger charge is 2.31. The van der Waals surface area contributed by atoms with Gasteiger partial charge in [0.2, 0.25) is 10.0 Å². The van der Waals surface area contributed by atoms with Gasteiger partial charge in [0.15, 0.2) is 17.7 Å². The van der Waals surface area contributed by atoms with Gasteiger partial charge in [-0.3, -0.25) is 20.4 Å². The number of para-hydroxylation sites is 1. The molecular weight excluding hydrogens is 433 g/mol. The second-order valence-electron chi connectivity index (χ2n) is 6.71. The molecule has 8 nitrogen and oxygen atoms in total. The zero-order valence-corrected chi connectivity index (χ0v) is 17.9. The maximum absolute atomic E-state index is 13.6. The Morgan fingerprint density at radius 1 is 1.13 bits per heavy atom. The van der Waals surface area contributed by atoms with Crippen molar-refractivity contribution in [2.75, 3.05) is 13.1 Å². The largest absolute Gasteiger partial charge is 0.478 e. The van der Waals surface area contributed by atoms with Crippen LogP contribution in [0.5, 0.6) is 5.75 Å². The first-order valence-corrected chi connectivity index (χ1v) is 11.7. The van der Waals surface area contributed by atoms with Crippen molar-refractivity contribution < 1.29 is 27.1 Å². The molecule has 162 valence electrons. The van der Waals surface area contributed by atoms with Crippen LogP contribution in [0.3, 0.4) is 0 Å². The Morgan fingerprint density at radius 3 is 2.53 bits per heavy atom. The minimum absolute atomic E-state index is 0.0245. The maximum atomic E-state index is 13.6. The molecule has 1 aliphatic heterocycles. The van der Waals surface area contributed by atoms with Crippen LogP contribution in [0.2, 0.25) is 0 Å². The van der Waals surface area contributed by atoms with Crippen molar-refractivity contribution in [3.63, 3.8) is 0 Å². The molecule has 1 aromatic heterocycles. The van der Waals surface area contributed by atoms with Crippen molar-refractivity contribution in [1.82, 2.24) is 15.2 Å². The van der Waals surface area contributed by atoms with Crippen LogP contribution in [0, 0.1) is 5.82 Å². The molecule has 0 spiro atoms. The van der Waals surface area contributed by atoms with Crippen LogP contribution in [0.25, 0.3) is 0 Å². The summed E-state index contributed by atoms with van der Waals surface area (Å²) in [5.74, 6) is -2.19. The summed E-state index contributed by atoms with van der Waals surface area (Å²) < 4.78 is 46.0. The average molecular weight is 456 g/mol. The molecule has 1 aromatic carbocycles. The molecule has 2 aromatic rings. The van der Waals surface area contributed by atoms with E-state index in [4.69, 9.17) is 4.74 Å². The highest BCUT2D eigenvalue weighted by Crippen LogP contribution is 2.27. The van der Waals surface area contributed by atoms with Gasteiger partial charge >= 0.3 is 0 Å². The lowest BCUT2D eigenvalue weighted by Crippen LogP contribution is -2.47. The summed E-state index contributed by atoms with van der Waals surface area (Å²) in [6.45, 7) is 2.23. The minimum Gasteiger partial charge on any atom is -0.478 e. The third kappa shape index (κ3) is 4.97. The van der Waals surface area contributed by atoms with Gasteiger partial charge in [-0.1, -0.05) is 18.6 Å². The monoisotopic (exact) mass is 455 g/mol. The van der Waals surface area contributed by atoms with Gasteiger partial charge in [-0.25, -0.2) is 12.8 Å². The topological polar surface area (TPSA) is 105 Å².